The number of guanidine groups is 1. The van der Waals surface area contributed by atoms with Crippen molar-refractivity contribution in [2.75, 3.05) is 47.4 Å². The number of rotatable bonds is 4. The van der Waals surface area contributed by atoms with Gasteiger partial charge < -0.3 is 19.9 Å². The van der Waals surface area contributed by atoms with Crippen molar-refractivity contribution in [2.45, 2.75) is 37.3 Å². The first kappa shape index (κ1) is 21.4. The Balaban J connectivity index is 0.00000243. The summed E-state index contributed by atoms with van der Waals surface area (Å²) in [6.45, 7) is 3.33. The summed E-state index contributed by atoms with van der Waals surface area (Å²) in [5.41, 5.74) is 1.38. The molecule has 0 spiro atoms. The van der Waals surface area contributed by atoms with Gasteiger partial charge in [0, 0.05) is 44.5 Å². The minimum atomic E-state index is 0. The molecule has 148 valence electrons. The molecule has 2 aliphatic rings. The van der Waals surface area contributed by atoms with Crippen LogP contribution in [-0.2, 0) is 11.8 Å². The fourth-order valence-electron chi connectivity index (χ4n) is 4.04. The van der Waals surface area contributed by atoms with Gasteiger partial charge in [0.2, 0.25) is 0 Å². The van der Waals surface area contributed by atoms with E-state index in [9.17, 15) is 0 Å². The molecule has 1 N–H and O–H groups in total. The Hall–Kier alpha value is -0.870. The Kier molecular flexibility index (Phi) is 7.72. The van der Waals surface area contributed by atoms with Gasteiger partial charge in [0.25, 0.3) is 0 Å². The highest BCUT2D eigenvalue weighted by Crippen LogP contribution is 2.33. The Morgan fingerprint density at radius 3 is 2.73 bits per heavy atom. The Morgan fingerprint density at radius 1 is 1.42 bits per heavy atom. The molecule has 2 fully saturated rings. The monoisotopic (exact) mass is 476 g/mol. The van der Waals surface area contributed by atoms with Gasteiger partial charge in [-0.1, -0.05) is 12.8 Å². The van der Waals surface area contributed by atoms with E-state index in [0.717, 1.165) is 31.2 Å². The van der Waals surface area contributed by atoms with E-state index in [2.05, 4.69) is 39.3 Å². The van der Waals surface area contributed by atoms with Gasteiger partial charge in [-0.25, -0.2) is 0 Å². The highest BCUT2D eigenvalue weighted by atomic mass is 127. The number of nitrogens with zero attached hydrogens (tertiary/aromatic N) is 5. The van der Waals surface area contributed by atoms with Gasteiger partial charge in [-0.2, -0.15) is 5.10 Å². The van der Waals surface area contributed by atoms with Crippen molar-refractivity contribution in [3.05, 3.63) is 18.0 Å². The predicted molar refractivity (Wildman–Crippen MR) is 115 cm³/mol. The average Bonchev–Trinajstić information content (AvgIpc) is 3.26. The number of aliphatic imine (C=N–C) groups is 1. The van der Waals surface area contributed by atoms with Crippen molar-refractivity contribution in [3.63, 3.8) is 0 Å². The van der Waals surface area contributed by atoms with E-state index in [4.69, 9.17) is 4.74 Å². The van der Waals surface area contributed by atoms with Crippen LogP contribution in [-0.4, -0.2) is 78.5 Å². The van der Waals surface area contributed by atoms with Gasteiger partial charge in [0.05, 0.1) is 19.3 Å². The molecule has 1 saturated heterocycles. The summed E-state index contributed by atoms with van der Waals surface area (Å²) < 4.78 is 7.78. The van der Waals surface area contributed by atoms with Crippen LogP contribution < -0.4 is 5.32 Å². The van der Waals surface area contributed by atoms with Gasteiger partial charge in [-0.3, -0.25) is 9.67 Å². The minimum absolute atomic E-state index is 0. The molecule has 1 unspecified atom stereocenters. The molecule has 2 heterocycles. The van der Waals surface area contributed by atoms with Crippen LogP contribution in [0.15, 0.2) is 17.4 Å². The van der Waals surface area contributed by atoms with Crippen molar-refractivity contribution in [3.8, 4) is 0 Å². The third-order valence-corrected chi connectivity index (χ3v) is 5.73. The zero-order valence-corrected chi connectivity index (χ0v) is 18.8. The summed E-state index contributed by atoms with van der Waals surface area (Å²) in [6.07, 6.45) is 9.12. The average molecular weight is 476 g/mol. The molecule has 1 aliphatic carbocycles. The first-order chi connectivity index (χ1) is 12.0. The quantitative estimate of drug-likeness (QED) is 0.409. The van der Waals surface area contributed by atoms with Crippen LogP contribution in [0.3, 0.4) is 0 Å². The van der Waals surface area contributed by atoms with E-state index in [-0.39, 0.29) is 35.6 Å². The summed E-state index contributed by atoms with van der Waals surface area (Å²) in [5, 5.41) is 7.90. The van der Waals surface area contributed by atoms with Crippen LogP contribution in [0.1, 0.15) is 37.4 Å². The first-order valence-corrected chi connectivity index (χ1v) is 9.27. The molecule has 1 aliphatic heterocycles. The Labute approximate surface area is 174 Å². The lowest BCUT2D eigenvalue weighted by atomic mass is 9.96. The van der Waals surface area contributed by atoms with Crippen LogP contribution in [0.4, 0.5) is 0 Å². The number of morpholine rings is 1. The van der Waals surface area contributed by atoms with E-state index in [1.165, 1.54) is 25.7 Å². The molecule has 0 amide bonds. The zero-order chi connectivity index (χ0) is 17.9. The maximum Gasteiger partial charge on any atom is 0.193 e. The molecule has 1 aromatic heterocycles. The zero-order valence-electron chi connectivity index (χ0n) is 16.4. The SMILES string of the molecule is CN=C(NCC1(N(C)C)CCCC1)N1CCOC(c2cnn(C)c2)C1.I. The smallest absolute Gasteiger partial charge is 0.193 e. The number of halogens is 1. The van der Waals surface area contributed by atoms with Crippen LogP contribution >= 0.6 is 24.0 Å². The normalized spacial score (nSPS) is 23.2. The summed E-state index contributed by atoms with van der Waals surface area (Å²) in [6, 6.07) is 0. The lowest BCUT2D eigenvalue weighted by molar-refractivity contribution is -0.00829. The molecule has 0 aromatic carbocycles. The highest BCUT2D eigenvalue weighted by Gasteiger charge is 2.36. The van der Waals surface area contributed by atoms with Gasteiger partial charge >= 0.3 is 0 Å². The van der Waals surface area contributed by atoms with E-state index >= 15 is 0 Å². The van der Waals surface area contributed by atoms with E-state index in [1.54, 1.807) is 0 Å². The fourth-order valence-corrected chi connectivity index (χ4v) is 4.04. The molecule has 1 saturated carbocycles. The molecule has 0 bridgehead atoms. The van der Waals surface area contributed by atoms with Crippen LogP contribution in [0.5, 0.6) is 0 Å². The number of hydrogen-bond donors (Lipinski definition) is 1. The third-order valence-electron chi connectivity index (χ3n) is 5.73. The highest BCUT2D eigenvalue weighted by molar-refractivity contribution is 14.0. The third kappa shape index (κ3) is 4.69. The van der Waals surface area contributed by atoms with Crippen molar-refractivity contribution in [1.29, 1.82) is 0 Å². The topological polar surface area (TPSA) is 57.9 Å². The summed E-state index contributed by atoms with van der Waals surface area (Å²) in [7, 11) is 8.20. The van der Waals surface area contributed by atoms with Crippen LogP contribution in [0.25, 0.3) is 0 Å². The number of ether oxygens (including phenoxy) is 1. The number of hydrogen-bond acceptors (Lipinski definition) is 4. The van der Waals surface area contributed by atoms with Crippen molar-refractivity contribution in [2.24, 2.45) is 12.0 Å². The summed E-state index contributed by atoms with van der Waals surface area (Å²) in [4.78, 5) is 9.22. The summed E-state index contributed by atoms with van der Waals surface area (Å²) in [5.74, 6) is 0.977. The summed E-state index contributed by atoms with van der Waals surface area (Å²) >= 11 is 0. The van der Waals surface area contributed by atoms with Crippen molar-refractivity contribution >= 4 is 29.9 Å². The molecule has 1 atom stereocenters. The molecule has 26 heavy (non-hydrogen) atoms. The molecule has 0 radical (unpaired) electrons. The second kappa shape index (κ2) is 9.36. The lowest BCUT2D eigenvalue weighted by Gasteiger charge is -2.39. The number of nitrogens with one attached hydrogen (secondary N) is 1. The molecular formula is C18H33IN6O. The van der Waals surface area contributed by atoms with Crippen molar-refractivity contribution in [1.82, 2.24) is 24.9 Å². The number of aryl methyl sites for hydroxylation is 1. The van der Waals surface area contributed by atoms with E-state index in [1.807, 2.05) is 31.2 Å². The minimum Gasteiger partial charge on any atom is -0.370 e. The molecule has 8 heteroatoms. The predicted octanol–water partition coefficient (Wildman–Crippen LogP) is 1.86. The number of likely N-dealkylation sites (N-methyl/N-ethyl adjacent to an activating group) is 1. The second-order valence-corrected chi connectivity index (χ2v) is 7.48. The van der Waals surface area contributed by atoms with E-state index in [0.29, 0.717) is 6.61 Å². The maximum absolute atomic E-state index is 5.95. The van der Waals surface area contributed by atoms with E-state index < -0.39 is 0 Å². The second-order valence-electron chi connectivity index (χ2n) is 7.48. The molecular weight excluding hydrogens is 443 g/mol. The van der Waals surface area contributed by atoms with Crippen molar-refractivity contribution < 1.29 is 4.74 Å². The van der Waals surface area contributed by atoms with Gasteiger partial charge in [-0.15, -0.1) is 24.0 Å². The first-order valence-electron chi connectivity index (χ1n) is 9.27. The number of aromatic nitrogens is 2. The standard InChI is InChI=1S/C18H32N6O.HI/c1-19-17(20-14-18(22(2)3)7-5-6-8-18)24-9-10-25-16(13-24)15-11-21-23(4)12-15;/h11-12,16H,5-10,13-14H2,1-4H3,(H,19,20);1H. The Bertz CT molecular complexity index is 596. The van der Waals surface area contributed by atoms with Crippen LogP contribution in [0.2, 0.25) is 0 Å². The largest absolute Gasteiger partial charge is 0.370 e. The van der Waals surface area contributed by atoms with Gasteiger partial charge in [0.15, 0.2) is 5.96 Å². The molecule has 1 aromatic rings. The van der Waals surface area contributed by atoms with Crippen LogP contribution in [0, 0.1) is 0 Å². The van der Waals surface area contributed by atoms with Gasteiger partial charge in [-0.05, 0) is 26.9 Å². The maximum atomic E-state index is 5.95. The molecule has 7 nitrogen and oxygen atoms in total. The molecule has 3 rings (SSSR count). The Morgan fingerprint density at radius 2 is 2.15 bits per heavy atom. The lowest BCUT2D eigenvalue weighted by Crippen LogP contribution is -2.55. The fraction of sp³-hybridized carbons (Fsp3) is 0.778. The van der Waals surface area contributed by atoms with Gasteiger partial charge in [0.1, 0.15) is 6.10 Å².